The summed E-state index contributed by atoms with van der Waals surface area (Å²) in [5.74, 6) is 1.39. The van der Waals surface area contributed by atoms with Crippen molar-refractivity contribution in [2.75, 3.05) is 24.2 Å². The van der Waals surface area contributed by atoms with Gasteiger partial charge in [-0.15, -0.1) is 0 Å². The highest BCUT2D eigenvalue weighted by Gasteiger charge is 2.38. The quantitative estimate of drug-likeness (QED) is 0.633. The lowest BCUT2D eigenvalue weighted by atomic mass is 10.2. The normalized spacial score (nSPS) is 24.9. The van der Waals surface area contributed by atoms with E-state index in [0.29, 0.717) is 18.1 Å². The van der Waals surface area contributed by atoms with E-state index in [1.54, 1.807) is 11.8 Å². The highest BCUT2D eigenvalue weighted by Crippen LogP contribution is 2.32. The molecular formula is C12H16ClN4O2S+. The second-order valence-corrected chi connectivity index (χ2v) is 6.91. The van der Waals surface area contributed by atoms with Gasteiger partial charge in [0.2, 0.25) is 11.2 Å². The molecule has 2 N–H and O–H groups in total. The first-order chi connectivity index (χ1) is 9.54. The second-order valence-electron chi connectivity index (χ2n) is 5.03. The SMILES string of the molecule is CC(=O)N1CC[C@@H](Nc2nc(Cl)nc3c2[S+](O)CC3)C1. The molecule has 3 rings (SSSR count). The fourth-order valence-electron chi connectivity index (χ4n) is 2.63. The average molecular weight is 316 g/mol. The van der Waals surface area contributed by atoms with Crippen LogP contribution < -0.4 is 5.32 Å². The van der Waals surface area contributed by atoms with Crippen LogP contribution in [0.1, 0.15) is 19.0 Å². The van der Waals surface area contributed by atoms with Crippen LogP contribution in [0.2, 0.25) is 5.28 Å². The Morgan fingerprint density at radius 3 is 3.05 bits per heavy atom. The fraction of sp³-hybridized carbons (Fsp3) is 0.583. The number of aryl methyl sites for hydroxylation is 1. The van der Waals surface area contributed by atoms with Gasteiger partial charge >= 0.3 is 0 Å². The maximum Gasteiger partial charge on any atom is 0.253 e. The number of amides is 1. The molecule has 1 fully saturated rings. The van der Waals surface area contributed by atoms with E-state index in [2.05, 4.69) is 15.3 Å². The van der Waals surface area contributed by atoms with Gasteiger partial charge in [0.1, 0.15) is 5.69 Å². The van der Waals surface area contributed by atoms with Gasteiger partial charge in [0, 0.05) is 32.5 Å². The fourth-order valence-corrected chi connectivity index (χ4v) is 4.16. The molecule has 0 radical (unpaired) electrons. The van der Waals surface area contributed by atoms with Crippen LogP contribution in [0.5, 0.6) is 0 Å². The molecular weight excluding hydrogens is 300 g/mol. The third kappa shape index (κ3) is 2.57. The van der Waals surface area contributed by atoms with Crippen LogP contribution in [0.4, 0.5) is 5.82 Å². The number of nitrogens with one attached hydrogen (secondary N) is 1. The van der Waals surface area contributed by atoms with Gasteiger partial charge in [0.25, 0.3) is 4.90 Å². The van der Waals surface area contributed by atoms with Crippen molar-refractivity contribution >= 4 is 34.5 Å². The Bertz CT molecular complexity index is 557. The molecule has 6 nitrogen and oxygen atoms in total. The smallest absolute Gasteiger partial charge is 0.253 e. The molecule has 0 saturated carbocycles. The summed E-state index contributed by atoms with van der Waals surface area (Å²) in [6.45, 7) is 2.98. The molecule has 0 aliphatic carbocycles. The van der Waals surface area contributed by atoms with Crippen molar-refractivity contribution in [3.05, 3.63) is 11.0 Å². The Hall–Kier alpha value is -1.05. The van der Waals surface area contributed by atoms with Gasteiger partial charge in [-0.1, -0.05) is 0 Å². The van der Waals surface area contributed by atoms with Crippen molar-refractivity contribution < 1.29 is 9.35 Å². The van der Waals surface area contributed by atoms with Crippen molar-refractivity contribution in [3.63, 3.8) is 0 Å². The first-order valence-corrected chi connectivity index (χ1v) is 8.26. The van der Waals surface area contributed by atoms with Gasteiger partial charge in [-0.3, -0.25) is 4.79 Å². The summed E-state index contributed by atoms with van der Waals surface area (Å²) in [6.07, 6.45) is 1.60. The zero-order chi connectivity index (χ0) is 14.3. The standard InChI is InChI=1S/C12H16ClN4O2S/c1-7(18)17-4-2-8(6-17)14-11-10-9(3-5-20(10)19)15-12(13)16-11/h8,19H,2-6H2,1H3,(H,14,15,16)/q+1/t8-,20?/m1/s1. The Morgan fingerprint density at radius 1 is 1.55 bits per heavy atom. The zero-order valence-corrected chi connectivity index (χ0v) is 12.7. The maximum absolute atomic E-state index is 11.4. The summed E-state index contributed by atoms with van der Waals surface area (Å²) in [5, 5.41) is 3.52. The Labute approximate surface area is 125 Å². The van der Waals surface area contributed by atoms with Crippen LogP contribution in [0, 0.1) is 0 Å². The van der Waals surface area contributed by atoms with Crippen molar-refractivity contribution in [2.45, 2.75) is 30.7 Å². The topological polar surface area (TPSA) is 78.4 Å². The monoisotopic (exact) mass is 315 g/mol. The molecule has 2 aliphatic heterocycles. The van der Waals surface area contributed by atoms with Crippen LogP contribution in [0.15, 0.2) is 4.90 Å². The number of halogens is 1. The van der Waals surface area contributed by atoms with E-state index in [1.165, 1.54) is 0 Å². The minimum atomic E-state index is -0.812. The van der Waals surface area contributed by atoms with Crippen molar-refractivity contribution in [1.82, 2.24) is 14.9 Å². The number of anilines is 1. The summed E-state index contributed by atoms with van der Waals surface area (Å²) in [6, 6.07) is 0.145. The summed E-state index contributed by atoms with van der Waals surface area (Å²) in [4.78, 5) is 22.3. The van der Waals surface area contributed by atoms with E-state index in [1.807, 2.05) is 0 Å². The average Bonchev–Trinajstić information content (AvgIpc) is 2.97. The third-order valence-electron chi connectivity index (χ3n) is 3.65. The summed E-state index contributed by atoms with van der Waals surface area (Å²) < 4.78 is 10.1. The number of rotatable bonds is 2. The van der Waals surface area contributed by atoms with Gasteiger partial charge < -0.3 is 10.2 Å². The molecule has 2 atom stereocenters. The van der Waals surface area contributed by atoms with Gasteiger partial charge in [-0.25, -0.2) is 4.98 Å². The number of fused-ring (bicyclic) bond motifs is 1. The number of hydrogen-bond acceptors (Lipinski definition) is 5. The Morgan fingerprint density at radius 2 is 2.35 bits per heavy atom. The highest BCUT2D eigenvalue weighted by atomic mass is 35.5. The van der Waals surface area contributed by atoms with E-state index in [9.17, 15) is 9.35 Å². The number of carbonyl (C=O) groups excluding carboxylic acids is 1. The summed E-state index contributed by atoms with van der Waals surface area (Å²) in [5.41, 5.74) is 0.833. The molecule has 1 aromatic rings. The lowest BCUT2D eigenvalue weighted by Crippen LogP contribution is -2.30. The van der Waals surface area contributed by atoms with Gasteiger partial charge in [-0.05, 0) is 18.0 Å². The molecule has 3 heterocycles. The predicted octanol–water partition coefficient (Wildman–Crippen LogP) is 1.17. The first kappa shape index (κ1) is 13.9. The number of carbonyl (C=O) groups is 1. The lowest BCUT2D eigenvalue weighted by molar-refractivity contribution is -0.127. The molecule has 1 unspecified atom stereocenters. The first-order valence-electron chi connectivity index (χ1n) is 6.53. The Kier molecular flexibility index (Phi) is 3.74. The minimum absolute atomic E-state index is 0.0853. The van der Waals surface area contributed by atoms with Crippen LogP contribution in [0.3, 0.4) is 0 Å². The van der Waals surface area contributed by atoms with Crippen molar-refractivity contribution in [1.29, 1.82) is 0 Å². The van der Waals surface area contributed by atoms with Crippen LogP contribution in [-0.2, 0) is 22.4 Å². The van der Waals surface area contributed by atoms with E-state index < -0.39 is 11.2 Å². The molecule has 1 amide bonds. The molecule has 20 heavy (non-hydrogen) atoms. The van der Waals surface area contributed by atoms with E-state index in [-0.39, 0.29) is 17.2 Å². The minimum Gasteiger partial charge on any atom is -0.361 e. The molecule has 8 heteroatoms. The largest absolute Gasteiger partial charge is 0.361 e. The van der Waals surface area contributed by atoms with Crippen LogP contribution in [-0.4, -0.2) is 50.2 Å². The van der Waals surface area contributed by atoms with Gasteiger partial charge in [0.05, 0.1) is 0 Å². The molecule has 0 spiro atoms. The van der Waals surface area contributed by atoms with E-state index in [4.69, 9.17) is 11.6 Å². The van der Waals surface area contributed by atoms with E-state index in [0.717, 1.165) is 30.0 Å². The summed E-state index contributed by atoms with van der Waals surface area (Å²) >= 11 is 5.12. The zero-order valence-electron chi connectivity index (χ0n) is 11.1. The highest BCUT2D eigenvalue weighted by molar-refractivity contribution is 7.92. The van der Waals surface area contributed by atoms with Gasteiger partial charge in [-0.2, -0.15) is 9.54 Å². The van der Waals surface area contributed by atoms with Crippen LogP contribution >= 0.6 is 11.6 Å². The summed E-state index contributed by atoms with van der Waals surface area (Å²) in [7, 11) is 0. The molecule has 0 aromatic carbocycles. The number of aromatic nitrogens is 2. The molecule has 2 aliphatic rings. The van der Waals surface area contributed by atoms with Gasteiger partial charge in [0.15, 0.2) is 22.7 Å². The number of nitrogens with zero attached hydrogens (tertiary/aromatic N) is 3. The maximum atomic E-state index is 11.4. The number of likely N-dealkylation sites (tertiary alicyclic amines) is 1. The molecule has 0 bridgehead atoms. The lowest BCUT2D eigenvalue weighted by Gasteiger charge is -2.15. The van der Waals surface area contributed by atoms with Crippen molar-refractivity contribution in [2.24, 2.45) is 0 Å². The van der Waals surface area contributed by atoms with E-state index >= 15 is 0 Å². The number of hydrogen-bond donors (Lipinski definition) is 2. The molecule has 1 aromatic heterocycles. The molecule has 108 valence electrons. The van der Waals surface area contributed by atoms with Crippen molar-refractivity contribution in [3.8, 4) is 0 Å². The predicted molar refractivity (Wildman–Crippen MR) is 78.2 cm³/mol. The second kappa shape index (κ2) is 5.38. The molecule has 1 saturated heterocycles. The third-order valence-corrected chi connectivity index (χ3v) is 5.31. The van der Waals surface area contributed by atoms with Crippen LogP contribution in [0.25, 0.3) is 0 Å². The Balaban J connectivity index is 1.80.